The smallest absolute Gasteiger partial charge is 0.211 e. The van der Waals surface area contributed by atoms with Crippen LogP contribution in [0.4, 0.5) is 0 Å². The normalized spacial score (nSPS) is 37.1. The third-order valence-corrected chi connectivity index (χ3v) is 6.04. The van der Waals surface area contributed by atoms with Gasteiger partial charge in [-0.25, -0.2) is 0 Å². The number of fused-ring (bicyclic) bond motifs is 3. The summed E-state index contributed by atoms with van der Waals surface area (Å²) in [5.74, 6) is 1.67. The minimum Gasteiger partial charge on any atom is -0.504 e. The molecule has 0 spiro atoms. The van der Waals surface area contributed by atoms with E-state index in [9.17, 15) is 15.0 Å². The number of halogens is 1. The van der Waals surface area contributed by atoms with Gasteiger partial charge in [0.25, 0.3) is 0 Å². The topological polar surface area (TPSA) is 82.1 Å². The van der Waals surface area contributed by atoms with Crippen molar-refractivity contribution in [2.24, 2.45) is 0 Å². The van der Waals surface area contributed by atoms with Crippen molar-refractivity contribution in [1.82, 2.24) is 5.32 Å². The summed E-state index contributed by atoms with van der Waals surface area (Å²) in [4.78, 5) is 12.1. The number of nitrogens with one attached hydrogen (secondary N) is 1. The molecule has 0 unspecified atom stereocenters. The molecule has 6 heteroatoms. The predicted molar refractivity (Wildman–Crippen MR) is 81.0 cm³/mol. The lowest BCUT2D eigenvalue weighted by Crippen LogP contribution is -2.72. The summed E-state index contributed by atoms with van der Waals surface area (Å²) < 4.78 is 5.42. The molecule has 22 heavy (non-hydrogen) atoms. The van der Waals surface area contributed by atoms with Gasteiger partial charge < -0.3 is 20.3 Å². The Hall–Kier alpha value is -1.30. The Morgan fingerprint density at radius 2 is 2.14 bits per heavy atom. The van der Waals surface area contributed by atoms with E-state index in [-0.39, 0.29) is 30.0 Å². The standard InChI is InChI=1S/C16H17NO4.ClH/c18-8-1-2-16(20)12-5-9-10(6-11(19)14-13(9)21-14)15(16,7-8)3-4-17-12;/h6,12,17,19-20H,1-5,7H2;1H/t12-,15-,16-;/m1./s1. The number of phenols is 1. The lowest BCUT2D eigenvalue weighted by atomic mass is 9.50. The van der Waals surface area contributed by atoms with Crippen molar-refractivity contribution in [1.29, 1.82) is 0 Å². The number of rotatable bonds is 0. The largest absolute Gasteiger partial charge is 0.504 e. The van der Waals surface area contributed by atoms with E-state index in [0.717, 1.165) is 29.8 Å². The Bertz CT molecular complexity index is 706. The number of aliphatic hydroxyl groups is 1. The van der Waals surface area contributed by atoms with Crippen LogP contribution in [0.15, 0.2) is 6.07 Å². The molecule has 3 N–H and O–H groups in total. The van der Waals surface area contributed by atoms with E-state index >= 15 is 0 Å². The fourth-order valence-corrected chi connectivity index (χ4v) is 4.98. The van der Waals surface area contributed by atoms with E-state index in [0.29, 0.717) is 31.4 Å². The minimum absolute atomic E-state index is 0. The average Bonchev–Trinajstić information content (AvgIpc) is 3.22. The molecular weight excluding hydrogens is 306 g/mol. The maximum absolute atomic E-state index is 12.1. The van der Waals surface area contributed by atoms with Gasteiger partial charge in [-0.05, 0) is 37.4 Å². The average molecular weight is 324 g/mol. The molecule has 0 radical (unpaired) electrons. The molecule has 2 fully saturated rings. The first-order valence-electron chi connectivity index (χ1n) is 7.60. The third-order valence-electron chi connectivity index (χ3n) is 6.04. The van der Waals surface area contributed by atoms with Gasteiger partial charge in [-0.1, -0.05) is 0 Å². The minimum atomic E-state index is -0.901. The Kier molecular flexibility index (Phi) is 2.70. The highest BCUT2D eigenvalue weighted by Gasteiger charge is 2.64. The molecule has 2 heterocycles. The predicted octanol–water partition coefficient (Wildman–Crippen LogP) is 1.56. The molecule has 1 saturated heterocycles. The number of phenolic OH excluding ortho intramolecular Hbond substituents is 1. The van der Waals surface area contributed by atoms with Crippen LogP contribution in [0.25, 0.3) is 0 Å². The summed E-state index contributed by atoms with van der Waals surface area (Å²) >= 11 is 0. The number of ketones is 1. The van der Waals surface area contributed by atoms with Crippen molar-refractivity contribution in [2.75, 3.05) is 6.54 Å². The zero-order valence-electron chi connectivity index (χ0n) is 12.0. The second-order valence-electron chi connectivity index (χ2n) is 6.86. The van der Waals surface area contributed by atoms with E-state index in [1.165, 1.54) is 0 Å². The second-order valence-corrected chi connectivity index (χ2v) is 6.86. The number of carbonyl (C=O) groups is 1. The Morgan fingerprint density at radius 1 is 1.32 bits per heavy atom. The first-order chi connectivity index (χ1) is 10.1. The molecule has 1 saturated carbocycles. The van der Waals surface area contributed by atoms with Crippen molar-refractivity contribution in [3.8, 4) is 17.2 Å². The molecule has 2 aliphatic heterocycles. The van der Waals surface area contributed by atoms with Crippen molar-refractivity contribution in [3.05, 3.63) is 17.2 Å². The molecule has 5 rings (SSSR count). The van der Waals surface area contributed by atoms with Gasteiger partial charge in [0.2, 0.25) is 5.75 Å². The summed E-state index contributed by atoms with van der Waals surface area (Å²) in [7, 11) is 0. The van der Waals surface area contributed by atoms with Crippen LogP contribution >= 0.6 is 12.4 Å². The van der Waals surface area contributed by atoms with Gasteiger partial charge >= 0.3 is 0 Å². The summed E-state index contributed by atoms with van der Waals surface area (Å²) in [5.41, 5.74) is 0.537. The van der Waals surface area contributed by atoms with Crippen LogP contribution in [0.3, 0.4) is 0 Å². The number of ether oxygens (including phenoxy) is 1. The van der Waals surface area contributed by atoms with Crippen molar-refractivity contribution in [3.63, 3.8) is 0 Å². The quantitative estimate of drug-likeness (QED) is 0.641. The lowest BCUT2D eigenvalue weighted by Gasteiger charge is -2.60. The number of hydrogen-bond acceptors (Lipinski definition) is 5. The SMILES string of the molecule is Cl.O=C1CC[C@@]2(O)[C@H]3Cc4c(cc(O)c5c4O5)[C@@]2(CCN3)C1. The second kappa shape index (κ2) is 4.16. The fourth-order valence-electron chi connectivity index (χ4n) is 4.98. The molecule has 118 valence electrons. The summed E-state index contributed by atoms with van der Waals surface area (Å²) in [6.07, 6.45) is 2.73. The Balaban J connectivity index is 0.00000125. The van der Waals surface area contributed by atoms with Gasteiger partial charge in [0.15, 0.2) is 11.5 Å². The van der Waals surface area contributed by atoms with E-state index < -0.39 is 11.0 Å². The number of hydrogen-bond donors (Lipinski definition) is 3. The maximum Gasteiger partial charge on any atom is 0.211 e. The number of piperidine rings is 1. The molecule has 2 aliphatic carbocycles. The summed E-state index contributed by atoms with van der Waals surface area (Å²) in [6.45, 7) is 0.790. The van der Waals surface area contributed by atoms with Crippen LogP contribution in [0.2, 0.25) is 0 Å². The summed E-state index contributed by atoms with van der Waals surface area (Å²) in [6, 6.07) is 1.69. The van der Waals surface area contributed by atoms with Gasteiger partial charge in [0, 0.05) is 29.9 Å². The Morgan fingerprint density at radius 3 is 2.95 bits per heavy atom. The van der Waals surface area contributed by atoms with Crippen molar-refractivity contribution in [2.45, 2.75) is 49.2 Å². The van der Waals surface area contributed by atoms with Crippen LogP contribution in [-0.4, -0.2) is 34.2 Å². The molecule has 1 aromatic rings. The molecule has 0 amide bonds. The van der Waals surface area contributed by atoms with E-state index in [4.69, 9.17) is 4.74 Å². The third kappa shape index (κ3) is 1.44. The molecule has 3 atom stereocenters. The van der Waals surface area contributed by atoms with Crippen molar-refractivity contribution < 1.29 is 19.7 Å². The lowest BCUT2D eigenvalue weighted by molar-refractivity contribution is -0.149. The van der Waals surface area contributed by atoms with Crippen LogP contribution < -0.4 is 10.1 Å². The van der Waals surface area contributed by atoms with Crippen LogP contribution in [0.1, 0.15) is 36.8 Å². The molecule has 2 bridgehead atoms. The molecule has 0 aromatic heterocycles. The molecule has 1 aromatic carbocycles. The van der Waals surface area contributed by atoms with Crippen LogP contribution in [0.5, 0.6) is 17.2 Å². The van der Waals surface area contributed by atoms with Gasteiger partial charge in [0.1, 0.15) is 5.78 Å². The van der Waals surface area contributed by atoms with Crippen LogP contribution in [-0.2, 0) is 16.6 Å². The van der Waals surface area contributed by atoms with Gasteiger partial charge in [-0.3, -0.25) is 4.79 Å². The van der Waals surface area contributed by atoms with E-state index in [2.05, 4.69) is 5.32 Å². The Labute approximate surface area is 134 Å². The van der Waals surface area contributed by atoms with E-state index in [1.807, 2.05) is 0 Å². The highest BCUT2D eigenvalue weighted by atomic mass is 35.5. The van der Waals surface area contributed by atoms with E-state index in [1.54, 1.807) is 6.07 Å². The molecule has 4 aliphatic rings. The maximum atomic E-state index is 12.1. The zero-order valence-corrected chi connectivity index (χ0v) is 12.8. The highest BCUT2D eigenvalue weighted by Crippen LogP contribution is 2.63. The molecular formula is C16H18ClNO4. The number of Topliss-reactive ketones (excluding diaryl/α,β-unsaturated/α-hetero) is 1. The first kappa shape index (κ1) is 14.3. The summed E-state index contributed by atoms with van der Waals surface area (Å²) in [5, 5.41) is 24.9. The van der Waals surface area contributed by atoms with Gasteiger partial charge in [-0.2, -0.15) is 0 Å². The van der Waals surface area contributed by atoms with Gasteiger partial charge in [0.05, 0.1) is 5.60 Å². The number of aromatic hydroxyl groups is 1. The fraction of sp³-hybridized carbons (Fsp3) is 0.562. The number of benzene rings is 1. The number of carbonyl (C=O) groups excluding carboxylic acids is 1. The first-order valence-corrected chi connectivity index (χ1v) is 7.60. The molecule has 5 nitrogen and oxygen atoms in total. The monoisotopic (exact) mass is 323 g/mol. The van der Waals surface area contributed by atoms with Gasteiger partial charge in [-0.15, -0.1) is 12.4 Å². The highest BCUT2D eigenvalue weighted by molar-refractivity contribution is 5.85. The van der Waals surface area contributed by atoms with Crippen LogP contribution in [0, 0.1) is 0 Å². The van der Waals surface area contributed by atoms with Crippen molar-refractivity contribution >= 4 is 18.2 Å². The zero-order chi connectivity index (χ0) is 14.4.